The number of benzene rings is 3. The van der Waals surface area contributed by atoms with Crippen LogP contribution in [0.4, 0.5) is 0 Å². The average Bonchev–Trinajstić information content (AvgIpc) is 2.96. The molecule has 2 N–H and O–H groups in total. The lowest BCUT2D eigenvalue weighted by Gasteiger charge is -2.28. The standard InChI is InChI=1S/C24H19ClN2O3/c1-15-6-10-17(11-7-15)23(30)27-24(26-14-16-8-12-18(25)13-9-16)21(28)19-4-2-3-5-20(19)22(24)29/h2-13,26H,14H2,1H3,(H,27,30). The number of ketones is 2. The van der Waals surface area contributed by atoms with E-state index in [0.717, 1.165) is 11.1 Å². The van der Waals surface area contributed by atoms with Gasteiger partial charge in [-0.3, -0.25) is 19.7 Å². The van der Waals surface area contributed by atoms with Crippen molar-refractivity contribution in [2.45, 2.75) is 19.1 Å². The van der Waals surface area contributed by atoms with Gasteiger partial charge in [0.2, 0.25) is 17.2 Å². The number of halogens is 1. The van der Waals surface area contributed by atoms with Crippen LogP contribution in [0.25, 0.3) is 0 Å². The van der Waals surface area contributed by atoms with Gasteiger partial charge in [0.05, 0.1) is 0 Å². The van der Waals surface area contributed by atoms with Crippen LogP contribution in [0.2, 0.25) is 5.02 Å². The smallest absolute Gasteiger partial charge is 0.253 e. The molecule has 4 rings (SSSR count). The van der Waals surface area contributed by atoms with Crippen molar-refractivity contribution in [1.29, 1.82) is 0 Å². The fraction of sp³-hybridized carbons (Fsp3) is 0.125. The van der Waals surface area contributed by atoms with Gasteiger partial charge in [-0.1, -0.05) is 65.7 Å². The first kappa shape index (κ1) is 20.0. The number of amides is 1. The van der Waals surface area contributed by atoms with Crippen LogP contribution in [-0.2, 0) is 6.54 Å². The maximum absolute atomic E-state index is 13.3. The van der Waals surface area contributed by atoms with Crippen molar-refractivity contribution >= 4 is 29.1 Å². The van der Waals surface area contributed by atoms with Crippen LogP contribution in [0.5, 0.6) is 0 Å². The summed E-state index contributed by atoms with van der Waals surface area (Å²) in [5.41, 5.74) is 0.892. The van der Waals surface area contributed by atoms with Crippen molar-refractivity contribution in [1.82, 2.24) is 10.6 Å². The molecule has 0 spiro atoms. The summed E-state index contributed by atoms with van der Waals surface area (Å²) in [7, 11) is 0. The number of aryl methyl sites for hydroxylation is 1. The van der Waals surface area contributed by atoms with Crippen molar-refractivity contribution in [2.24, 2.45) is 0 Å². The molecule has 0 saturated heterocycles. The molecule has 0 saturated carbocycles. The third-order valence-corrected chi connectivity index (χ3v) is 5.44. The molecular weight excluding hydrogens is 400 g/mol. The van der Waals surface area contributed by atoms with E-state index in [2.05, 4.69) is 10.6 Å². The van der Waals surface area contributed by atoms with E-state index in [0.29, 0.717) is 10.6 Å². The predicted molar refractivity (Wildman–Crippen MR) is 115 cm³/mol. The maximum Gasteiger partial charge on any atom is 0.253 e. The van der Waals surface area contributed by atoms with E-state index in [4.69, 9.17) is 11.6 Å². The average molecular weight is 419 g/mol. The molecule has 0 unspecified atom stereocenters. The van der Waals surface area contributed by atoms with Gasteiger partial charge < -0.3 is 5.32 Å². The summed E-state index contributed by atoms with van der Waals surface area (Å²) in [4.78, 5) is 39.6. The van der Waals surface area contributed by atoms with Gasteiger partial charge in [0, 0.05) is 28.3 Å². The monoisotopic (exact) mass is 418 g/mol. The Morgan fingerprint density at radius 3 is 2.00 bits per heavy atom. The molecule has 0 bridgehead atoms. The second kappa shape index (κ2) is 7.86. The van der Waals surface area contributed by atoms with Gasteiger partial charge in [-0.25, -0.2) is 0 Å². The first-order chi connectivity index (χ1) is 14.4. The molecule has 1 aliphatic carbocycles. The molecule has 1 aliphatic rings. The highest BCUT2D eigenvalue weighted by molar-refractivity contribution is 6.33. The summed E-state index contributed by atoms with van der Waals surface area (Å²) < 4.78 is 0. The van der Waals surface area contributed by atoms with Crippen LogP contribution in [-0.4, -0.2) is 23.1 Å². The second-order valence-electron chi connectivity index (χ2n) is 7.25. The Balaban J connectivity index is 1.69. The van der Waals surface area contributed by atoms with Gasteiger partial charge >= 0.3 is 0 Å². The lowest BCUT2D eigenvalue weighted by atomic mass is 10.0. The number of Topliss-reactive ketones (excluding diaryl/α,β-unsaturated/α-hetero) is 2. The molecular formula is C24H19ClN2O3. The summed E-state index contributed by atoms with van der Waals surface area (Å²) in [6.45, 7) is 2.11. The van der Waals surface area contributed by atoms with Gasteiger partial charge in [0.15, 0.2) is 0 Å². The molecule has 0 aromatic heterocycles. The molecule has 0 aliphatic heterocycles. The fourth-order valence-electron chi connectivity index (χ4n) is 3.49. The van der Waals surface area contributed by atoms with Crippen molar-refractivity contribution in [3.8, 4) is 0 Å². The number of carbonyl (C=O) groups excluding carboxylic acids is 3. The summed E-state index contributed by atoms with van der Waals surface area (Å²) in [6, 6.07) is 20.5. The highest BCUT2D eigenvalue weighted by atomic mass is 35.5. The van der Waals surface area contributed by atoms with Crippen molar-refractivity contribution < 1.29 is 14.4 Å². The van der Waals surface area contributed by atoms with E-state index in [-0.39, 0.29) is 17.7 Å². The molecule has 0 radical (unpaired) electrons. The topological polar surface area (TPSA) is 75.3 Å². The van der Waals surface area contributed by atoms with Gasteiger partial charge in [0.1, 0.15) is 0 Å². The molecule has 3 aromatic rings. The molecule has 3 aromatic carbocycles. The van der Waals surface area contributed by atoms with E-state index in [9.17, 15) is 14.4 Å². The zero-order chi connectivity index (χ0) is 21.3. The quantitative estimate of drug-likeness (QED) is 0.486. The Morgan fingerprint density at radius 2 is 1.43 bits per heavy atom. The first-order valence-corrected chi connectivity index (χ1v) is 9.86. The van der Waals surface area contributed by atoms with E-state index >= 15 is 0 Å². The van der Waals surface area contributed by atoms with Crippen LogP contribution in [0.3, 0.4) is 0 Å². The van der Waals surface area contributed by atoms with Gasteiger partial charge in [-0.15, -0.1) is 0 Å². The Labute approximate surface area is 179 Å². The Morgan fingerprint density at radius 1 is 0.867 bits per heavy atom. The third kappa shape index (κ3) is 3.54. The SMILES string of the molecule is Cc1ccc(C(=O)NC2(NCc3ccc(Cl)cc3)C(=O)c3ccccc3C2=O)cc1. The molecule has 0 atom stereocenters. The predicted octanol–water partition coefficient (Wildman–Crippen LogP) is 3.94. The van der Waals surface area contributed by atoms with Crippen LogP contribution in [0.15, 0.2) is 72.8 Å². The minimum atomic E-state index is -1.87. The van der Waals surface area contributed by atoms with E-state index in [1.54, 1.807) is 72.8 Å². The zero-order valence-electron chi connectivity index (χ0n) is 16.2. The molecule has 30 heavy (non-hydrogen) atoms. The maximum atomic E-state index is 13.3. The molecule has 6 heteroatoms. The third-order valence-electron chi connectivity index (χ3n) is 5.18. The summed E-state index contributed by atoms with van der Waals surface area (Å²) in [5.74, 6) is -1.46. The minimum absolute atomic E-state index is 0.191. The molecule has 150 valence electrons. The normalized spacial score (nSPS) is 14.5. The Hall–Kier alpha value is -3.28. The highest BCUT2D eigenvalue weighted by Gasteiger charge is 2.54. The highest BCUT2D eigenvalue weighted by Crippen LogP contribution is 2.29. The summed E-state index contributed by atoms with van der Waals surface area (Å²) in [6.07, 6.45) is 0. The van der Waals surface area contributed by atoms with Gasteiger partial charge in [-0.2, -0.15) is 0 Å². The van der Waals surface area contributed by atoms with Crippen LogP contribution in [0.1, 0.15) is 42.2 Å². The molecule has 5 nitrogen and oxygen atoms in total. The number of carbonyl (C=O) groups is 3. The first-order valence-electron chi connectivity index (χ1n) is 9.48. The van der Waals surface area contributed by atoms with Crippen LogP contribution in [0, 0.1) is 6.92 Å². The molecule has 1 amide bonds. The Kier molecular flexibility index (Phi) is 5.24. The van der Waals surface area contributed by atoms with Crippen molar-refractivity contribution in [2.75, 3.05) is 0 Å². The number of rotatable bonds is 5. The van der Waals surface area contributed by atoms with Crippen LogP contribution >= 0.6 is 11.6 Å². The number of hydrogen-bond donors (Lipinski definition) is 2. The van der Waals surface area contributed by atoms with E-state index in [1.807, 2.05) is 6.92 Å². The van der Waals surface area contributed by atoms with Gasteiger partial charge in [0.25, 0.3) is 5.91 Å². The molecule has 0 heterocycles. The van der Waals surface area contributed by atoms with Crippen molar-refractivity contribution in [3.05, 3.63) is 106 Å². The molecule has 0 fully saturated rings. The summed E-state index contributed by atoms with van der Waals surface area (Å²) >= 11 is 5.94. The summed E-state index contributed by atoms with van der Waals surface area (Å²) in [5, 5.41) is 6.28. The number of nitrogens with one attached hydrogen (secondary N) is 2. The minimum Gasteiger partial charge on any atom is -0.321 e. The lowest BCUT2D eigenvalue weighted by Crippen LogP contribution is -2.66. The van der Waals surface area contributed by atoms with E-state index in [1.165, 1.54) is 0 Å². The zero-order valence-corrected chi connectivity index (χ0v) is 17.0. The lowest BCUT2D eigenvalue weighted by molar-refractivity contribution is 0.0652. The van der Waals surface area contributed by atoms with Gasteiger partial charge in [-0.05, 0) is 36.8 Å². The second-order valence-corrected chi connectivity index (χ2v) is 7.69. The largest absolute Gasteiger partial charge is 0.321 e. The van der Waals surface area contributed by atoms with Crippen molar-refractivity contribution in [3.63, 3.8) is 0 Å². The van der Waals surface area contributed by atoms with Crippen LogP contribution < -0.4 is 10.6 Å². The number of fused-ring (bicyclic) bond motifs is 1. The Bertz CT molecular complexity index is 1100. The number of hydrogen-bond acceptors (Lipinski definition) is 4. The van der Waals surface area contributed by atoms with E-state index < -0.39 is 23.1 Å². The fourth-order valence-corrected chi connectivity index (χ4v) is 3.61.